The predicted molar refractivity (Wildman–Crippen MR) is 85.7 cm³/mol. The molecule has 7 heteroatoms. The molecule has 0 bridgehead atoms. The Bertz CT molecular complexity index is 550. The molecule has 1 atom stereocenters. The van der Waals surface area contributed by atoms with Crippen molar-refractivity contribution in [2.24, 2.45) is 5.73 Å². The van der Waals surface area contributed by atoms with Gasteiger partial charge in [0.15, 0.2) is 0 Å². The Morgan fingerprint density at radius 3 is 2.43 bits per heavy atom. The minimum absolute atomic E-state index is 0. The summed E-state index contributed by atoms with van der Waals surface area (Å²) < 4.78 is 4.60. The lowest BCUT2D eigenvalue weighted by atomic mass is 10.0. The number of carbonyl (C=O) groups excluding carboxylic acids is 1. The number of aromatic nitrogens is 2. The molecule has 0 saturated carbocycles. The number of carbonyl (C=O) groups is 1. The van der Waals surface area contributed by atoms with Gasteiger partial charge in [-0.25, -0.2) is 0 Å². The molecule has 2 rings (SSSR count). The van der Waals surface area contributed by atoms with Gasteiger partial charge in [-0.3, -0.25) is 14.8 Å². The second-order valence-electron chi connectivity index (χ2n) is 4.12. The molecule has 1 aromatic heterocycles. The van der Waals surface area contributed by atoms with Crippen molar-refractivity contribution in [3.63, 3.8) is 0 Å². The molecule has 5 nitrogen and oxygen atoms in total. The summed E-state index contributed by atoms with van der Waals surface area (Å²) in [5, 5.41) is 0. The number of esters is 1. The summed E-state index contributed by atoms with van der Waals surface area (Å²) in [6.45, 7) is 0. The molecule has 2 aromatic rings. The van der Waals surface area contributed by atoms with Gasteiger partial charge in [0.25, 0.3) is 0 Å². The van der Waals surface area contributed by atoms with Crippen LogP contribution in [0.1, 0.15) is 5.56 Å². The highest BCUT2D eigenvalue weighted by Crippen LogP contribution is 2.16. The Hall–Kier alpha value is -1.69. The maximum atomic E-state index is 11.2. The Labute approximate surface area is 135 Å². The van der Waals surface area contributed by atoms with Gasteiger partial charge in [0.05, 0.1) is 19.0 Å². The number of hydrogen-bond acceptors (Lipinski definition) is 5. The SMILES string of the molecule is COC(=O)[C@@H](N)Cc1ccc(-c2cnccn2)cc1.Cl.Cl. The van der Waals surface area contributed by atoms with E-state index in [2.05, 4.69) is 14.7 Å². The predicted octanol–water partition coefficient (Wildman–Crippen LogP) is 2.03. The van der Waals surface area contributed by atoms with Gasteiger partial charge in [0.1, 0.15) is 6.04 Å². The molecule has 114 valence electrons. The van der Waals surface area contributed by atoms with Crippen molar-refractivity contribution in [3.05, 3.63) is 48.4 Å². The molecule has 1 aromatic carbocycles. The van der Waals surface area contributed by atoms with Crippen molar-refractivity contribution in [1.82, 2.24) is 9.97 Å². The van der Waals surface area contributed by atoms with E-state index in [0.29, 0.717) is 6.42 Å². The molecule has 2 N–H and O–H groups in total. The van der Waals surface area contributed by atoms with E-state index in [9.17, 15) is 4.79 Å². The molecule has 1 heterocycles. The van der Waals surface area contributed by atoms with Gasteiger partial charge in [-0.2, -0.15) is 0 Å². The van der Waals surface area contributed by atoms with E-state index in [1.807, 2.05) is 24.3 Å². The van der Waals surface area contributed by atoms with Gasteiger partial charge in [0.2, 0.25) is 0 Å². The number of hydrogen-bond donors (Lipinski definition) is 1. The quantitative estimate of drug-likeness (QED) is 0.868. The summed E-state index contributed by atoms with van der Waals surface area (Å²) in [6.07, 6.45) is 5.44. The summed E-state index contributed by atoms with van der Waals surface area (Å²) in [7, 11) is 1.33. The van der Waals surface area contributed by atoms with Gasteiger partial charge in [-0.1, -0.05) is 24.3 Å². The molecule has 0 saturated heterocycles. The van der Waals surface area contributed by atoms with Crippen molar-refractivity contribution in [1.29, 1.82) is 0 Å². The van der Waals surface area contributed by atoms with Crippen LogP contribution in [0.3, 0.4) is 0 Å². The first kappa shape index (κ1) is 19.3. The highest BCUT2D eigenvalue weighted by Gasteiger charge is 2.14. The summed E-state index contributed by atoms with van der Waals surface area (Å²) in [4.78, 5) is 19.5. The maximum Gasteiger partial charge on any atom is 0.322 e. The lowest BCUT2D eigenvalue weighted by Crippen LogP contribution is -2.33. The number of methoxy groups -OCH3 is 1. The van der Waals surface area contributed by atoms with Gasteiger partial charge in [-0.05, 0) is 12.0 Å². The number of halogens is 2. The van der Waals surface area contributed by atoms with Crippen LogP contribution in [0.15, 0.2) is 42.9 Å². The van der Waals surface area contributed by atoms with Crippen molar-refractivity contribution in [2.75, 3.05) is 7.11 Å². The lowest BCUT2D eigenvalue weighted by molar-refractivity contribution is -0.142. The second-order valence-corrected chi connectivity index (χ2v) is 4.12. The van der Waals surface area contributed by atoms with Gasteiger partial charge in [0, 0.05) is 18.0 Å². The second kappa shape index (κ2) is 9.28. The maximum absolute atomic E-state index is 11.2. The fourth-order valence-electron chi connectivity index (χ4n) is 1.75. The van der Waals surface area contributed by atoms with Crippen LogP contribution in [0.5, 0.6) is 0 Å². The van der Waals surface area contributed by atoms with Gasteiger partial charge < -0.3 is 10.5 Å². The summed E-state index contributed by atoms with van der Waals surface area (Å²) in [5.41, 5.74) is 8.48. The summed E-state index contributed by atoms with van der Waals surface area (Å²) in [5.74, 6) is -0.405. The van der Waals surface area contributed by atoms with Crippen molar-refractivity contribution >= 4 is 30.8 Å². The minimum atomic E-state index is -0.632. The Morgan fingerprint density at radius 1 is 1.24 bits per heavy atom. The number of benzene rings is 1. The van der Waals surface area contributed by atoms with Gasteiger partial charge >= 0.3 is 5.97 Å². The van der Waals surface area contributed by atoms with E-state index in [1.54, 1.807) is 18.6 Å². The van der Waals surface area contributed by atoms with E-state index < -0.39 is 12.0 Å². The fraction of sp³-hybridized carbons (Fsp3) is 0.214. The van der Waals surface area contributed by atoms with Crippen LogP contribution >= 0.6 is 24.8 Å². The van der Waals surface area contributed by atoms with Crippen LogP contribution in [0.2, 0.25) is 0 Å². The number of rotatable bonds is 4. The first-order valence-corrected chi connectivity index (χ1v) is 5.89. The molecule has 0 amide bonds. The Morgan fingerprint density at radius 2 is 1.90 bits per heavy atom. The fourth-order valence-corrected chi connectivity index (χ4v) is 1.75. The first-order chi connectivity index (χ1) is 9.20. The van der Waals surface area contributed by atoms with Crippen LogP contribution in [-0.4, -0.2) is 29.1 Å². The van der Waals surface area contributed by atoms with E-state index in [1.165, 1.54) is 7.11 Å². The summed E-state index contributed by atoms with van der Waals surface area (Å²) >= 11 is 0. The molecule has 0 aliphatic rings. The number of nitrogens with zero attached hydrogens (tertiary/aromatic N) is 2. The van der Waals surface area contributed by atoms with Crippen LogP contribution in [0.25, 0.3) is 11.3 Å². The van der Waals surface area contributed by atoms with Gasteiger partial charge in [-0.15, -0.1) is 24.8 Å². The zero-order valence-electron chi connectivity index (χ0n) is 11.4. The molecule has 0 fully saturated rings. The largest absolute Gasteiger partial charge is 0.468 e. The molecular weight excluding hydrogens is 313 g/mol. The van der Waals surface area contributed by atoms with Crippen molar-refractivity contribution < 1.29 is 9.53 Å². The third kappa shape index (κ3) is 5.30. The molecule has 0 radical (unpaired) electrons. The Kier molecular flexibility index (Phi) is 8.54. The van der Waals surface area contributed by atoms with Crippen molar-refractivity contribution in [2.45, 2.75) is 12.5 Å². The molecule has 21 heavy (non-hydrogen) atoms. The molecule has 0 aliphatic heterocycles. The average molecular weight is 330 g/mol. The lowest BCUT2D eigenvalue weighted by Gasteiger charge is -2.09. The van der Waals surface area contributed by atoms with E-state index in [0.717, 1.165) is 16.8 Å². The van der Waals surface area contributed by atoms with Crippen LogP contribution in [0.4, 0.5) is 0 Å². The monoisotopic (exact) mass is 329 g/mol. The first-order valence-electron chi connectivity index (χ1n) is 5.89. The summed E-state index contributed by atoms with van der Waals surface area (Å²) in [6, 6.07) is 7.08. The smallest absolute Gasteiger partial charge is 0.322 e. The highest BCUT2D eigenvalue weighted by molar-refractivity contribution is 5.85. The van der Waals surface area contributed by atoms with Crippen LogP contribution in [-0.2, 0) is 16.0 Å². The van der Waals surface area contributed by atoms with Crippen molar-refractivity contribution in [3.8, 4) is 11.3 Å². The van der Waals surface area contributed by atoms with E-state index in [-0.39, 0.29) is 24.8 Å². The normalized spacial score (nSPS) is 10.8. The zero-order valence-corrected chi connectivity index (χ0v) is 13.1. The van der Waals surface area contributed by atoms with Crippen LogP contribution < -0.4 is 5.73 Å². The molecule has 0 spiro atoms. The molecule has 0 aliphatic carbocycles. The third-order valence-electron chi connectivity index (χ3n) is 2.77. The highest BCUT2D eigenvalue weighted by atomic mass is 35.5. The van der Waals surface area contributed by atoms with Crippen LogP contribution in [0, 0.1) is 0 Å². The number of nitrogens with two attached hydrogens (primary N) is 1. The Balaban J connectivity index is 0.00000200. The topological polar surface area (TPSA) is 78.1 Å². The minimum Gasteiger partial charge on any atom is -0.468 e. The third-order valence-corrected chi connectivity index (χ3v) is 2.77. The number of ether oxygens (including phenoxy) is 1. The van der Waals surface area contributed by atoms with E-state index in [4.69, 9.17) is 5.73 Å². The standard InChI is InChI=1S/C14H15N3O2.2ClH/c1-19-14(18)12(15)8-10-2-4-11(5-3-10)13-9-16-6-7-17-13;;/h2-7,9,12H,8,15H2,1H3;2*1H/t12-;;/m0../s1. The average Bonchev–Trinajstić information content (AvgIpc) is 2.48. The molecule has 0 unspecified atom stereocenters. The zero-order chi connectivity index (χ0) is 13.7. The molecular formula is C14H17Cl2N3O2. The van der Waals surface area contributed by atoms with E-state index >= 15 is 0 Å².